The van der Waals surface area contributed by atoms with E-state index >= 15 is 0 Å². The molecule has 0 spiro atoms. The summed E-state index contributed by atoms with van der Waals surface area (Å²) in [6.07, 6.45) is 0. The maximum Gasteiger partial charge on any atom is 0.250 e. The summed E-state index contributed by atoms with van der Waals surface area (Å²) in [6.45, 7) is 1.77. The predicted molar refractivity (Wildman–Crippen MR) is 63.7 cm³/mol. The molecule has 1 aromatic rings. The molecule has 0 amide bonds. The van der Waals surface area contributed by atoms with Crippen LogP contribution in [0.1, 0.15) is 11.5 Å². The van der Waals surface area contributed by atoms with Crippen molar-refractivity contribution < 1.29 is 0 Å². The molecule has 7 heteroatoms. The third kappa shape index (κ3) is 2.96. The van der Waals surface area contributed by atoms with Crippen LogP contribution in [0.25, 0.3) is 0 Å². The first-order valence-electron chi connectivity index (χ1n) is 3.09. The van der Waals surface area contributed by atoms with Crippen LogP contribution in [0.4, 0.5) is 0 Å². The predicted octanol–water partition coefficient (Wildman–Crippen LogP) is 3.87. The third-order valence-corrected chi connectivity index (χ3v) is 3.62. The van der Waals surface area contributed by atoms with Crippen molar-refractivity contribution in [1.82, 2.24) is 9.97 Å². The van der Waals surface area contributed by atoms with Gasteiger partial charge < -0.3 is 0 Å². The van der Waals surface area contributed by atoms with Crippen LogP contribution in [0.5, 0.6) is 0 Å². The molecule has 0 aliphatic heterocycles. The van der Waals surface area contributed by atoms with E-state index in [1.807, 2.05) is 22.6 Å². The zero-order valence-electron chi connectivity index (χ0n) is 6.28. The summed E-state index contributed by atoms with van der Waals surface area (Å²) in [5.74, 6) is 0.0976. The molecule has 72 valence electrons. The SMILES string of the molecule is Cc1nc(C(Cl)(Cl)Cl)nc(Cl)c1I. The van der Waals surface area contributed by atoms with Gasteiger partial charge in [-0.25, -0.2) is 9.97 Å². The molecule has 2 nitrogen and oxygen atoms in total. The van der Waals surface area contributed by atoms with Gasteiger partial charge in [0.1, 0.15) is 5.15 Å². The minimum absolute atomic E-state index is 0.0976. The Morgan fingerprint density at radius 3 is 2.15 bits per heavy atom. The van der Waals surface area contributed by atoms with Gasteiger partial charge in [0.25, 0.3) is 0 Å². The third-order valence-electron chi connectivity index (χ3n) is 1.23. The van der Waals surface area contributed by atoms with Gasteiger partial charge in [0.2, 0.25) is 3.79 Å². The normalized spacial score (nSPS) is 11.8. The van der Waals surface area contributed by atoms with E-state index < -0.39 is 3.79 Å². The van der Waals surface area contributed by atoms with E-state index in [4.69, 9.17) is 46.4 Å². The summed E-state index contributed by atoms with van der Waals surface area (Å²) in [7, 11) is 0. The van der Waals surface area contributed by atoms with E-state index in [-0.39, 0.29) is 5.82 Å². The van der Waals surface area contributed by atoms with E-state index in [0.29, 0.717) is 10.8 Å². The van der Waals surface area contributed by atoms with E-state index in [0.717, 1.165) is 3.57 Å². The monoisotopic (exact) mass is 370 g/mol. The highest BCUT2D eigenvalue weighted by molar-refractivity contribution is 14.1. The Kier molecular flexibility index (Phi) is 3.91. The minimum Gasteiger partial charge on any atom is -0.233 e. The number of alkyl halides is 3. The molecule has 0 aliphatic carbocycles. The molecule has 0 bridgehead atoms. The van der Waals surface area contributed by atoms with Crippen LogP contribution in [0.2, 0.25) is 5.15 Å². The van der Waals surface area contributed by atoms with Crippen molar-refractivity contribution >= 4 is 69.0 Å². The summed E-state index contributed by atoms with van der Waals surface area (Å²) >= 11 is 24.6. The lowest BCUT2D eigenvalue weighted by Crippen LogP contribution is -2.09. The molecule has 0 aliphatic rings. The van der Waals surface area contributed by atoms with Crippen LogP contribution in [0.15, 0.2) is 0 Å². The van der Waals surface area contributed by atoms with Crippen molar-refractivity contribution in [3.63, 3.8) is 0 Å². The standard InChI is InChI=1S/C6H3Cl4IN2/c1-2-3(11)4(7)13-5(12-2)6(8,9)10/h1H3. The molecule has 0 N–H and O–H groups in total. The van der Waals surface area contributed by atoms with Gasteiger partial charge in [0.15, 0.2) is 5.82 Å². The zero-order chi connectivity index (χ0) is 10.2. The van der Waals surface area contributed by atoms with Gasteiger partial charge in [-0.05, 0) is 29.5 Å². The lowest BCUT2D eigenvalue weighted by molar-refractivity contribution is 0.933. The number of rotatable bonds is 0. The fourth-order valence-electron chi connectivity index (χ4n) is 0.651. The Balaban J connectivity index is 3.29. The molecule has 1 rings (SSSR count). The quantitative estimate of drug-likeness (QED) is 0.393. The molecule has 0 fully saturated rings. The molecular weight excluding hydrogens is 369 g/mol. The Morgan fingerprint density at radius 2 is 1.77 bits per heavy atom. The first-order valence-corrected chi connectivity index (χ1v) is 5.68. The van der Waals surface area contributed by atoms with Crippen LogP contribution in [0.3, 0.4) is 0 Å². The van der Waals surface area contributed by atoms with Gasteiger partial charge in [-0.2, -0.15) is 0 Å². The molecular formula is C6H3Cl4IN2. The Bertz CT molecular complexity index is 313. The van der Waals surface area contributed by atoms with Gasteiger partial charge in [-0.3, -0.25) is 0 Å². The van der Waals surface area contributed by atoms with Crippen LogP contribution < -0.4 is 0 Å². The smallest absolute Gasteiger partial charge is 0.233 e. The minimum atomic E-state index is -1.63. The summed E-state index contributed by atoms with van der Waals surface area (Å²) in [5.41, 5.74) is 0.696. The second kappa shape index (κ2) is 4.23. The topological polar surface area (TPSA) is 25.8 Å². The van der Waals surface area contributed by atoms with Crippen molar-refractivity contribution in [2.45, 2.75) is 10.7 Å². The van der Waals surface area contributed by atoms with Crippen molar-refractivity contribution in [2.24, 2.45) is 0 Å². The van der Waals surface area contributed by atoms with E-state index in [9.17, 15) is 0 Å². The molecule has 1 heterocycles. The average molecular weight is 372 g/mol. The van der Waals surface area contributed by atoms with Crippen LogP contribution in [-0.2, 0) is 3.79 Å². The van der Waals surface area contributed by atoms with E-state index in [1.54, 1.807) is 6.92 Å². The van der Waals surface area contributed by atoms with Crippen LogP contribution in [-0.4, -0.2) is 9.97 Å². The number of halogens is 5. The second-order valence-corrected chi connectivity index (χ2v) is 5.95. The molecule has 0 aromatic carbocycles. The molecule has 0 saturated heterocycles. The lowest BCUT2D eigenvalue weighted by Gasteiger charge is -2.10. The number of aromatic nitrogens is 2. The second-order valence-electron chi connectivity index (χ2n) is 2.24. The maximum atomic E-state index is 5.79. The number of aryl methyl sites for hydroxylation is 1. The van der Waals surface area contributed by atoms with Crippen molar-refractivity contribution in [3.8, 4) is 0 Å². The number of nitrogens with zero attached hydrogens (tertiary/aromatic N) is 2. The Morgan fingerprint density at radius 1 is 1.23 bits per heavy atom. The van der Waals surface area contributed by atoms with Crippen LogP contribution in [0, 0.1) is 10.5 Å². The summed E-state index contributed by atoms with van der Waals surface area (Å²) < 4.78 is -0.865. The molecule has 0 saturated carbocycles. The highest BCUT2D eigenvalue weighted by atomic mass is 127. The van der Waals surface area contributed by atoms with Gasteiger partial charge in [-0.15, -0.1) is 0 Å². The van der Waals surface area contributed by atoms with E-state index in [1.165, 1.54) is 0 Å². The summed E-state index contributed by atoms with van der Waals surface area (Å²) in [4.78, 5) is 7.86. The first-order chi connectivity index (χ1) is 5.82. The van der Waals surface area contributed by atoms with Crippen molar-refractivity contribution in [1.29, 1.82) is 0 Å². The largest absolute Gasteiger partial charge is 0.250 e. The molecule has 1 aromatic heterocycles. The van der Waals surface area contributed by atoms with Gasteiger partial charge in [-0.1, -0.05) is 46.4 Å². The fraction of sp³-hybridized carbons (Fsp3) is 0.333. The highest BCUT2D eigenvalue weighted by Gasteiger charge is 2.28. The summed E-state index contributed by atoms with van der Waals surface area (Å²) in [5, 5.41) is 0.300. The molecule has 0 radical (unpaired) electrons. The fourth-order valence-corrected chi connectivity index (χ4v) is 1.36. The number of hydrogen-bond acceptors (Lipinski definition) is 2. The van der Waals surface area contributed by atoms with Gasteiger partial charge in [0.05, 0.1) is 9.26 Å². The summed E-state index contributed by atoms with van der Waals surface area (Å²) in [6, 6.07) is 0. The molecule has 0 atom stereocenters. The maximum absolute atomic E-state index is 5.79. The lowest BCUT2D eigenvalue weighted by atomic mass is 10.4. The highest BCUT2D eigenvalue weighted by Crippen LogP contribution is 2.37. The average Bonchev–Trinajstić information content (AvgIpc) is 1.97. The molecule has 13 heavy (non-hydrogen) atoms. The zero-order valence-corrected chi connectivity index (χ0v) is 11.5. The Hall–Kier alpha value is 0.970. The number of hydrogen-bond donors (Lipinski definition) is 0. The van der Waals surface area contributed by atoms with Gasteiger partial charge in [0, 0.05) is 0 Å². The van der Waals surface area contributed by atoms with Crippen molar-refractivity contribution in [2.75, 3.05) is 0 Å². The van der Waals surface area contributed by atoms with E-state index in [2.05, 4.69) is 9.97 Å². The molecule has 0 unspecified atom stereocenters. The Labute approximate surface area is 109 Å². The first kappa shape index (κ1) is 12.0. The van der Waals surface area contributed by atoms with Crippen LogP contribution >= 0.6 is 69.0 Å². The van der Waals surface area contributed by atoms with Crippen molar-refractivity contribution in [3.05, 3.63) is 20.2 Å². The van der Waals surface area contributed by atoms with Gasteiger partial charge >= 0.3 is 0 Å².